The van der Waals surface area contributed by atoms with Gasteiger partial charge in [-0.25, -0.2) is 0 Å². The molecule has 1 aliphatic heterocycles. The van der Waals surface area contributed by atoms with Crippen LogP contribution in [0.2, 0.25) is 0 Å². The molecular formula is C17H34N4O. The highest BCUT2D eigenvalue weighted by Gasteiger charge is 2.26. The fraction of sp³-hybridized carbons (Fsp3) is 0.882. The molecule has 0 spiro atoms. The lowest BCUT2D eigenvalue weighted by Crippen LogP contribution is -2.42. The van der Waals surface area contributed by atoms with Gasteiger partial charge in [0.15, 0.2) is 5.96 Å². The molecule has 0 aromatic carbocycles. The molecule has 1 rings (SSSR count). The molecule has 0 aliphatic carbocycles. The first-order valence-corrected chi connectivity index (χ1v) is 8.96. The van der Waals surface area contributed by atoms with Crippen molar-refractivity contribution >= 4 is 11.9 Å². The molecule has 0 radical (unpaired) electrons. The van der Waals surface area contributed by atoms with Gasteiger partial charge < -0.3 is 15.5 Å². The van der Waals surface area contributed by atoms with Gasteiger partial charge in [0, 0.05) is 39.1 Å². The zero-order chi connectivity index (χ0) is 16.2. The van der Waals surface area contributed by atoms with Crippen molar-refractivity contribution in [3.05, 3.63) is 0 Å². The van der Waals surface area contributed by atoms with Gasteiger partial charge in [-0.3, -0.25) is 9.79 Å². The van der Waals surface area contributed by atoms with Crippen LogP contribution in [-0.4, -0.2) is 49.5 Å². The fourth-order valence-corrected chi connectivity index (χ4v) is 2.97. The lowest BCUT2D eigenvalue weighted by Gasteiger charge is -2.27. The predicted octanol–water partition coefficient (Wildman–Crippen LogP) is 2.52. The van der Waals surface area contributed by atoms with E-state index in [0.717, 1.165) is 51.3 Å². The lowest BCUT2D eigenvalue weighted by atomic mass is 10.1. The summed E-state index contributed by atoms with van der Waals surface area (Å²) in [5.41, 5.74) is 0. The van der Waals surface area contributed by atoms with Crippen LogP contribution in [0.25, 0.3) is 0 Å². The zero-order valence-electron chi connectivity index (χ0n) is 14.7. The molecule has 2 N–H and O–H groups in total. The van der Waals surface area contributed by atoms with Crippen molar-refractivity contribution in [1.82, 2.24) is 15.5 Å². The van der Waals surface area contributed by atoms with Gasteiger partial charge in [0.25, 0.3) is 0 Å². The minimum absolute atomic E-state index is 0.324. The lowest BCUT2D eigenvalue weighted by molar-refractivity contribution is -0.129. The Hall–Kier alpha value is -1.26. The number of nitrogens with one attached hydrogen (secondary N) is 2. The maximum absolute atomic E-state index is 11.8. The standard InChI is InChI=1S/C17H34N4O/c1-4-6-7-8-12-19-17(18-3)20-13-11-15(5-2)21-14-9-10-16(21)22/h15H,4-14H2,1-3H3,(H2,18,19,20). The third kappa shape index (κ3) is 6.67. The van der Waals surface area contributed by atoms with Crippen LogP contribution in [0.5, 0.6) is 0 Å². The number of carbonyl (C=O) groups is 1. The largest absolute Gasteiger partial charge is 0.356 e. The van der Waals surface area contributed by atoms with Gasteiger partial charge in [-0.2, -0.15) is 0 Å². The van der Waals surface area contributed by atoms with E-state index in [4.69, 9.17) is 0 Å². The summed E-state index contributed by atoms with van der Waals surface area (Å²) in [4.78, 5) is 18.1. The molecule has 1 saturated heterocycles. The van der Waals surface area contributed by atoms with E-state index in [9.17, 15) is 4.79 Å². The molecule has 0 bridgehead atoms. The average molecular weight is 310 g/mol. The van der Waals surface area contributed by atoms with E-state index in [1.54, 1.807) is 0 Å². The van der Waals surface area contributed by atoms with Crippen molar-refractivity contribution < 1.29 is 4.79 Å². The number of aliphatic imine (C=N–C) groups is 1. The Balaban J connectivity index is 2.20. The fourth-order valence-electron chi connectivity index (χ4n) is 2.97. The van der Waals surface area contributed by atoms with Gasteiger partial charge in [-0.15, -0.1) is 0 Å². The summed E-state index contributed by atoms with van der Waals surface area (Å²) >= 11 is 0. The third-order valence-corrected chi connectivity index (χ3v) is 4.34. The van der Waals surface area contributed by atoms with E-state index >= 15 is 0 Å². The number of guanidine groups is 1. The summed E-state index contributed by atoms with van der Waals surface area (Å²) in [6, 6.07) is 0.366. The molecule has 128 valence electrons. The quantitative estimate of drug-likeness (QED) is 0.370. The number of carbonyl (C=O) groups excluding carboxylic acids is 1. The van der Waals surface area contributed by atoms with Crippen molar-refractivity contribution in [2.24, 2.45) is 4.99 Å². The SMILES string of the molecule is CCCCCCNC(=NC)NCCC(CC)N1CCCC1=O. The van der Waals surface area contributed by atoms with Gasteiger partial charge in [0.05, 0.1) is 0 Å². The Morgan fingerprint density at radius 1 is 1.23 bits per heavy atom. The van der Waals surface area contributed by atoms with E-state index in [0.29, 0.717) is 11.9 Å². The smallest absolute Gasteiger partial charge is 0.222 e. The predicted molar refractivity (Wildman–Crippen MR) is 93.1 cm³/mol. The van der Waals surface area contributed by atoms with Crippen LogP contribution in [0.15, 0.2) is 4.99 Å². The van der Waals surface area contributed by atoms with E-state index in [1.807, 2.05) is 7.05 Å². The highest BCUT2D eigenvalue weighted by Crippen LogP contribution is 2.17. The number of hydrogen-bond donors (Lipinski definition) is 2. The third-order valence-electron chi connectivity index (χ3n) is 4.34. The maximum Gasteiger partial charge on any atom is 0.222 e. The van der Waals surface area contributed by atoms with Crippen molar-refractivity contribution in [1.29, 1.82) is 0 Å². The molecule has 1 fully saturated rings. The molecule has 0 aromatic rings. The van der Waals surface area contributed by atoms with Gasteiger partial charge in [0.1, 0.15) is 0 Å². The Labute approximate surface area is 135 Å². The first-order valence-electron chi connectivity index (χ1n) is 8.96. The van der Waals surface area contributed by atoms with Crippen LogP contribution in [0.3, 0.4) is 0 Å². The van der Waals surface area contributed by atoms with Crippen LogP contribution in [0.4, 0.5) is 0 Å². The number of unbranched alkanes of at least 4 members (excludes halogenated alkanes) is 3. The molecule has 1 unspecified atom stereocenters. The number of nitrogens with zero attached hydrogens (tertiary/aromatic N) is 2. The van der Waals surface area contributed by atoms with E-state index in [1.165, 1.54) is 25.7 Å². The molecule has 1 amide bonds. The Morgan fingerprint density at radius 2 is 2.00 bits per heavy atom. The first kappa shape index (κ1) is 18.8. The van der Waals surface area contributed by atoms with Crippen molar-refractivity contribution in [3.63, 3.8) is 0 Å². The zero-order valence-corrected chi connectivity index (χ0v) is 14.7. The minimum Gasteiger partial charge on any atom is -0.356 e. The topological polar surface area (TPSA) is 56.7 Å². The van der Waals surface area contributed by atoms with Crippen LogP contribution < -0.4 is 10.6 Å². The highest BCUT2D eigenvalue weighted by molar-refractivity contribution is 5.79. The normalized spacial score (nSPS) is 17.0. The first-order chi connectivity index (χ1) is 10.7. The van der Waals surface area contributed by atoms with Crippen molar-refractivity contribution in [3.8, 4) is 0 Å². The number of likely N-dealkylation sites (tertiary alicyclic amines) is 1. The van der Waals surface area contributed by atoms with E-state index in [2.05, 4.69) is 34.4 Å². The van der Waals surface area contributed by atoms with Crippen LogP contribution in [0, 0.1) is 0 Å². The molecule has 1 aliphatic rings. The Kier molecular flexibility index (Phi) is 9.67. The molecule has 5 heteroatoms. The molecule has 0 aromatic heterocycles. The van der Waals surface area contributed by atoms with Crippen molar-refractivity contribution in [2.45, 2.75) is 71.3 Å². The van der Waals surface area contributed by atoms with E-state index in [-0.39, 0.29) is 0 Å². The highest BCUT2D eigenvalue weighted by atomic mass is 16.2. The Bertz CT molecular complexity index is 344. The molecule has 22 heavy (non-hydrogen) atoms. The van der Waals surface area contributed by atoms with Crippen LogP contribution >= 0.6 is 0 Å². The number of rotatable bonds is 10. The molecule has 1 atom stereocenters. The number of hydrogen-bond acceptors (Lipinski definition) is 2. The second-order valence-electron chi connectivity index (χ2n) is 6.03. The van der Waals surface area contributed by atoms with Gasteiger partial charge in [-0.05, 0) is 25.7 Å². The molecule has 5 nitrogen and oxygen atoms in total. The second-order valence-corrected chi connectivity index (χ2v) is 6.03. The summed E-state index contributed by atoms with van der Waals surface area (Å²) < 4.78 is 0. The summed E-state index contributed by atoms with van der Waals surface area (Å²) in [6.45, 7) is 7.15. The van der Waals surface area contributed by atoms with Crippen LogP contribution in [-0.2, 0) is 4.79 Å². The second kappa shape index (κ2) is 11.3. The molecule has 0 saturated carbocycles. The van der Waals surface area contributed by atoms with Gasteiger partial charge in [-0.1, -0.05) is 33.1 Å². The van der Waals surface area contributed by atoms with Crippen molar-refractivity contribution in [2.75, 3.05) is 26.7 Å². The molecule has 1 heterocycles. The summed E-state index contributed by atoms with van der Waals surface area (Å²) in [7, 11) is 1.81. The van der Waals surface area contributed by atoms with E-state index < -0.39 is 0 Å². The number of amides is 1. The summed E-state index contributed by atoms with van der Waals surface area (Å²) in [5, 5.41) is 6.72. The maximum atomic E-state index is 11.8. The summed E-state index contributed by atoms with van der Waals surface area (Å²) in [6.07, 6.45) is 8.78. The Morgan fingerprint density at radius 3 is 2.59 bits per heavy atom. The van der Waals surface area contributed by atoms with Gasteiger partial charge >= 0.3 is 0 Å². The van der Waals surface area contributed by atoms with Crippen LogP contribution in [0.1, 0.15) is 65.2 Å². The minimum atomic E-state index is 0.324. The average Bonchev–Trinajstić information content (AvgIpc) is 2.95. The van der Waals surface area contributed by atoms with Gasteiger partial charge in [0.2, 0.25) is 5.91 Å². The summed E-state index contributed by atoms with van der Waals surface area (Å²) in [5.74, 6) is 1.20. The monoisotopic (exact) mass is 310 g/mol. The molecular weight excluding hydrogens is 276 g/mol.